The second-order valence-electron chi connectivity index (χ2n) is 6.11. The predicted molar refractivity (Wildman–Crippen MR) is 92.0 cm³/mol. The van der Waals surface area contributed by atoms with E-state index in [-0.39, 0.29) is 5.91 Å². The maximum absolute atomic E-state index is 12.5. The van der Waals surface area contributed by atoms with Crippen molar-refractivity contribution in [2.75, 3.05) is 32.9 Å². The van der Waals surface area contributed by atoms with E-state index in [0.717, 1.165) is 57.7 Å². The number of amides is 1. The number of hydrogen-bond acceptors (Lipinski definition) is 3. The van der Waals surface area contributed by atoms with E-state index < -0.39 is 0 Å². The summed E-state index contributed by atoms with van der Waals surface area (Å²) in [6, 6.07) is 7.56. The third-order valence-corrected chi connectivity index (χ3v) is 4.38. The van der Waals surface area contributed by atoms with Crippen LogP contribution in [0.1, 0.15) is 49.9 Å². The monoisotopic (exact) mass is 319 g/mol. The molecule has 1 fully saturated rings. The fourth-order valence-electron chi connectivity index (χ4n) is 2.95. The van der Waals surface area contributed by atoms with E-state index in [0.29, 0.717) is 18.1 Å². The van der Waals surface area contributed by atoms with Crippen LogP contribution in [-0.2, 0) is 4.74 Å². The Morgan fingerprint density at radius 1 is 1.30 bits per heavy atom. The summed E-state index contributed by atoms with van der Waals surface area (Å²) >= 11 is 0. The average Bonchev–Trinajstić information content (AvgIpc) is 2.60. The Labute approximate surface area is 139 Å². The number of carbonyl (C=O) groups is 1. The largest absolute Gasteiger partial charge is 0.494 e. The Bertz CT molecular complexity index is 483. The van der Waals surface area contributed by atoms with Crippen molar-refractivity contribution in [1.29, 1.82) is 0 Å². The Kier molecular flexibility index (Phi) is 7.40. The molecular formula is C19H29NO3. The summed E-state index contributed by atoms with van der Waals surface area (Å²) in [4.78, 5) is 14.4. The van der Waals surface area contributed by atoms with Crippen molar-refractivity contribution < 1.29 is 14.3 Å². The SMILES string of the molecule is CCCN(CC)C(=O)c1cccc(OCCC2CCOCC2)c1. The van der Waals surface area contributed by atoms with E-state index >= 15 is 0 Å². The van der Waals surface area contributed by atoms with E-state index in [2.05, 4.69) is 6.92 Å². The number of benzene rings is 1. The van der Waals surface area contributed by atoms with Crippen molar-refractivity contribution in [3.8, 4) is 5.75 Å². The van der Waals surface area contributed by atoms with Gasteiger partial charge >= 0.3 is 0 Å². The molecule has 0 bridgehead atoms. The maximum atomic E-state index is 12.5. The number of rotatable bonds is 8. The van der Waals surface area contributed by atoms with E-state index in [1.807, 2.05) is 36.1 Å². The highest BCUT2D eigenvalue weighted by Crippen LogP contribution is 2.20. The first kappa shape index (κ1) is 17.8. The van der Waals surface area contributed by atoms with Crippen molar-refractivity contribution in [1.82, 2.24) is 4.90 Å². The van der Waals surface area contributed by atoms with Crippen LogP contribution >= 0.6 is 0 Å². The van der Waals surface area contributed by atoms with Crippen molar-refractivity contribution in [2.45, 2.75) is 39.5 Å². The summed E-state index contributed by atoms with van der Waals surface area (Å²) in [5.41, 5.74) is 0.712. The van der Waals surface area contributed by atoms with Crippen LogP contribution in [0.5, 0.6) is 5.75 Å². The van der Waals surface area contributed by atoms with Crippen molar-refractivity contribution in [3.05, 3.63) is 29.8 Å². The smallest absolute Gasteiger partial charge is 0.253 e. The van der Waals surface area contributed by atoms with Gasteiger partial charge in [0.1, 0.15) is 5.75 Å². The van der Waals surface area contributed by atoms with Crippen molar-refractivity contribution in [3.63, 3.8) is 0 Å². The lowest BCUT2D eigenvalue weighted by Crippen LogP contribution is -2.31. The predicted octanol–water partition coefficient (Wildman–Crippen LogP) is 3.75. The zero-order chi connectivity index (χ0) is 16.5. The minimum absolute atomic E-state index is 0.0872. The molecule has 1 aliphatic rings. The molecule has 23 heavy (non-hydrogen) atoms. The van der Waals surface area contributed by atoms with Gasteiger partial charge in [-0.15, -0.1) is 0 Å². The first-order valence-corrected chi connectivity index (χ1v) is 8.84. The zero-order valence-corrected chi connectivity index (χ0v) is 14.4. The third kappa shape index (κ3) is 5.54. The van der Waals surface area contributed by atoms with Gasteiger partial charge in [0.25, 0.3) is 5.91 Å². The number of carbonyl (C=O) groups excluding carboxylic acids is 1. The number of ether oxygens (including phenoxy) is 2. The Morgan fingerprint density at radius 3 is 2.78 bits per heavy atom. The lowest BCUT2D eigenvalue weighted by atomic mass is 9.97. The van der Waals surface area contributed by atoms with Crippen LogP contribution in [0.2, 0.25) is 0 Å². The van der Waals surface area contributed by atoms with Gasteiger partial charge < -0.3 is 14.4 Å². The highest BCUT2D eigenvalue weighted by atomic mass is 16.5. The standard InChI is InChI=1S/C19H29NO3/c1-3-11-20(4-2)19(21)17-6-5-7-18(15-17)23-14-10-16-8-12-22-13-9-16/h5-7,15-16H,3-4,8-14H2,1-2H3. The quantitative estimate of drug-likeness (QED) is 0.732. The average molecular weight is 319 g/mol. The molecule has 0 atom stereocenters. The van der Waals surface area contributed by atoms with Gasteiger partial charge in [-0.2, -0.15) is 0 Å². The van der Waals surface area contributed by atoms with Crippen LogP contribution in [0.3, 0.4) is 0 Å². The minimum Gasteiger partial charge on any atom is -0.494 e. The lowest BCUT2D eigenvalue weighted by molar-refractivity contribution is 0.0593. The first-order chi connectivity index (χ1) is 11.2. The van der Waals surface area contributed by atoms with Crippen LogP contribution in [0.25, 0.3) is 0 Å². The normalized spacial score (nSPS) is 15.4. The summed E-state index contributed by atoms with van der Waals surface area (Å²) in [6.07, 6.45) is 4.29. The minimum atomic E-state index is 0.0872. The van der Waals surface area contributed by atoms with Gasteiger partial charge in [0.15, 0.2) is 0 Å². The van der Waals surface area contributed by atoms with Crippen LogP contribution < -0.4 is 4.74 Å². The molecule has 128 valence electrons. The lowest BCUT2D eigenvalue weighted by Gasteiger charge is -2.22. The fraction of sp³-hybridized carbons (Fsp3) is 0.632. The van der Waals surface area contributed by atoms with Gasteiger partial charge in [-0.1, -0.05) is 13.0 Å². The van der Waals surface area contributed by atoms with E-state index in [4.69, 9.17) is 9.47 Å². The van der Waals surface area contributed by atoms with Gasteiger partial charge in [-0.3, -0.25) is 4.79 Å². The van der Waals surface area contributed by atoms with Gasteiger partial charge in [0, 0.05) is 31.9 Å². The molecule has 1 heterocycles. The van der Waals surface area contributed by atoms with E-state index in [1.165, 1.54) is 0 Å². The summed E-state index contributed by atoms with van der Waals surface area (Å²) < 4.78 is 11.2. The molecule has 0 unspecified atom stereocenters. The molecule has 0 saturated carbocycles. The molecule has 0 radical (unpaired) electrons. The highest BCUT2D eigenvalue weighted by Gasteiger charge is 2.15. The molecule has 1 aromatic rings. The molecule has 4 nitrogen and oxygen atoms in total. The topological polar surface area (TPSA) is 38.8 Å². The van der Waals surface area contributed by atoms with Crippen LogP contribution in [0.15, 0.2) is 24.3 Å². The van der Waals surface area contributed by atoms with Crippen LogP contribution in [-0.4, -0.2) is 43.7 Å². The molecule has 1 aromatic carbocycles. The van der Waals surface area contributed by atoms with Crippen molar-refractivity contribution in [2.24, 2.45) is 5.92 Å². The first-order valence-electron chi connectivity index (χ1n) is 8.84. The third-order valence-electron chi connectivity index (χ3n) is 4.38. The zero-order valence-electron chi connectivity index (χ0n) is 14.4. The summed E-state index contributed by atoms with van der Waals surface area (Å²) in [5, 5.41) is 0. The van der Waals surface area contributed by atoms with Gasteiger partial charge in [0.05, 0.1) is 6.61 Å². The summed E-state index contributed by atoms with van der Waals surface area (Å²) in [6.45, 7) is 8.09. The molecule has 0 spiro atoms. The summed E-state index contributed by atoms with van der Waals surface area (Å²) in [7, 11) is 0. The molecule has 1 aliphatic heterocycles. The molecule has 0 aromatic heterocycles. The molecule has 2 rings (SSSR count). The Balaban J connectivity index is 1.87. The van der Waals surface area contributed by atoms with Gasteiger partial charge in [-0.25, -0.2) is 0 Å². The number of nitrogens with zero attached hydrogens (tertiary/aromatic N) is 1. The van der Waals surface area contributed by atoms with Crippen molar-refractivity contribution >= 4 is 5.91 Å². The molecule has 0 N–H and O–H groups in total. The van der Waals surface area contributed by atoms with Gasteiger partial charge in [-0.05, 0) is 56.7 Å². The second kappa shape index (κ2) is 9.56. The van der Waals surface area contributed by atoms with E-state index in [1.54, 1.807) is 0 Å². The van der Waals surface area contributed by atoms with E-state index in [9.17, 15) is 4.79 Å². The molecular weight excluding hydrogens is 290 g/mol. The number of hydrogen-bond donors (Lipinski definition) is 0. The fourth-order valence-corrected chi connectivity index (χ4v) is 2.95. The molecule has 4 heteroatoms. The molecule has 0 aliphatic carbocycles. The van der Waals surface area contributed by atoms with Crippen LogP contribution in [0.4, 0.5) is 0 Å². The highest BCUT2D eigenvalue weighted by molar-refractivity contribution is 5.94. The Hall–Kier alpha value is -1.55. The maximum Gasteiger partial charge on any atom is 0.253 e. The molecule has 1 amide bonds. The van der Waals surface area contributed by atoms with Gasteiger partial charge in [0.2, 0.25) is 0 Å². The summed E-state index contributed by atoms with van der Waals surface area (Å²) in [5.74, 6) is 1.58. The Morgan fingerprint density at radius 2 is 2.09 bits per heavy atom. The van der Waals surface area contributed by atoms with Crippen LogP contribution in [0, 0.1) is 5.92 Å². The second-order valence-corrected chi connectivity index (χ2v) is 6.11. The molecule has 1 saturated heterocycles.